The first-order chi connectivity index (χ1) is 14.9. The Labute approximate surface area is 185 Å². The van der Waals surface area contributed by atoms with Crippen molar-refractivity contribution in [3.63, 3.8) is 0 Å². The van der Waals surface area contributed by atoms with Crippen molar-refractivity contribution >= 4 is 43.9 Å². The second-order valence-corrected chi connectivity index (χ2v) is 9.06. The maximum absolute atomic E-state index is 13.3. The maximum Gasteiger partial charge on any atom is 0.269 e. The lowest BCUT2D eigenvalue weighted by Gasteiger charge is -2.11. The Morgan fingerprint density at radius 3 is 2.71 bits per heavy atom. The molecule has 0 amide bonds. The Morgan fingerprint density at radius 1 is 1.19 bits per heavy atom. The van der Waals surface area contributed by atoms with E-state index >= 15 is 0 Å². The first-order valence-corrected chi connectivity index (χ1v) is 11.2. The zero-order valence-electron chi connectivity index (χ0n) is 16.5. The predicted molar refractivity (Wildman–Crippen MR) is 121 cm³/mol. The van der Waals surface area contributed by atoms with Crippen molar-refractivity contribution < 1.29 is 8.42 Å². The van der Waals surface area contributed by atoms with Gasteiger partial charge in [0.15, 0.2) is 0 Å². The summed E-state index contributed by atoms with van der Waals surface area (Å²) >= 11 is 6.28. The summed E-state index contributed by atoms with van der Waals surface area (Å²) in [5.74, 6) is 0. The van der Waals surface area contributed by atoms with Crippen LogP contribution in [0.2, 0.25) is 5.02 Å². The fourth-order valence-corrected chi connectivity index (χ4v) is 4.90. The monoisotopic (exact) mass is 451 g/mol. The van der Waals surface area contributed by atoms with E-state index in [-0.39, 0.29) is 4.90 Å². The third-order valence-corrected chi connectivity index (χ3v) is 6.76. The highest BCUT2D eigenvalue weighted by Gasteiger charge is 2.21. The van der Waals surface area contributed by atoms with E-state index in [1.165, 1.54) is 22.4 Å². The van der Waals surface area contributed by atoms with Crippen LogP contribution in [0.3, 0.4) is 0 Å². The van der Waals surface area contributed by atoms with Crippen LogP contribution in [-0.4, -0.2) is 24.4 Å². The number of hydrogen-bond acceptors (Lipinski definition) is 6. The first kappa shape index (κ1) is 20.9. The molecule has 0 radical (unpaired) electrons. The first-order valence-electron chi connectivity index (χ1n) is 9.35. The SMILES string of the molecule is CNCc1cn(S(=O)(=O)c2cccnc2)c2cc(Nc3ccc(C#N)cc3Cl)ccc12. The molecule has 0 aliphatic rings. The number of nitriles is 1. The van der Waals surface area contributed by atoms with Crippen LogP contribution in [0.15, 0.2) is 72.0 Å². The summed E-state index contributed by atoms with van der Waals surface area (Å²) in [6.45, 7) is 0.514. The molecule has 31 heavy (non-hydrogen) atoms. The second-order valence-electron chi connectivity index (χ2n) is 6.84. The number of aromatic nitrogens is 2. The molecule has 0 atom stereocenters. The largest absolute Gasteiger partial charge is 0.354 e. The number of pyridine rings is 1. The molecule has 4 aromatic rings. The fourth-order valence-electron chi connectivity index (χ4n) is 3.33. The molecule has 0 saturated carbocycles. The molecular weight excluding hydrogens is 434 g/mol. The molecule has 0 aliphatic carbocycles. The third-order valence-electron chi connectivity index (χ3n) is 4.79. The lowest BCUT2D eigenvalue weighted by molar-refractivity contribution is 0.588. The van der Waals surface area contributed by atoms with Crippen LogP contribution in [-0.2, 0) is 16.6 Å². The van der Waals surface area contributed by atoms with Crippen LogP contribution < -0.4 is 10.6 Å². The minimum Gasteiger partial charge on any atom is -0.354 e. The molecular formula is C22H18ClN5O2S. The average molecular weight is 452 g/mol. The number of halogens is 1. The smallest absolute Gasteiger partial charge is 0.269 e. The normalized spacial score (nSPS) is 11.4. The lowest BCUT2D eigenvalue weighted by Crippen LogP contribution is -2.12. The van der Waals surface area contributed by atoms with Gasteiger partial charge in [0.1, 0.15) is 4.90 Å². The van der Waals surface area contributed by atoms with Gasteiger partial charge in [-0.15, -0.1) is 0 Å². The molecule has 9 heteroatoms. The molecule has 0 spiro atoms. The molecule has 7 nitrogen and oxygen atoms in total. The van der Waals surface area contributed by atoms with Gasteiger partial charge in [0.25, 0.3) is 10.0 Å². The Balaban J connectivity index is 1.83. The molecule has 0 fully saturated rings. The summed E-state index contributed by atoms with van der Waals surface area (Å²) < 4.78 is 27.9. The van der Waals surface area contributed by atoms with Crippen LogP contribution in [0.4, 0.5) is 11.4 Å². The highest BCUT2D eigenvalue weighted by molar-refractivity contribution is 7.90. The Morgan fingerprint density at radius 2 is 2.03 bits per heavy atom. The van der Waals surface area contributed by atoms with Crippen LogP contribution in [0.1, 0.15) is 11.1 Å². The van der Waals surface area contributed by atoms with Gasteiger partial charge >= 0.3 is 0 Å². The van der Waals surface area contributed by atoms with Crippen LogP contribution in [0.25, 0.3) is 10.9 Å². The van der Waals surface area contributed by atoms with Gasteiger partial charge in [0.2, 0.25) is 0 Å². The van der Waals surface area contributed by atoms with Crippen molar-refractivity contribution in [3.05, 3.63) is 83.3 Å². The van der Waals surface area contributed by atoms with Crippen molar-refractivity contribution in [2.45, 2.75) is 11.4 Å². The Hall–Kier alpha value is -3.38. The highest BCUT2D eigenvalue weighted by Crippen LogP contribution is 2.31. The molecule has 0 unspecified atom stereocenters. The molecule has 2 N–H and O–H groups in total. The van der Waals surface area contributed by atoms with Gasteiger partial charge in [0, 0.05) is 36.2 Å². The molecule has 156 valence electrons. The van der Waals surface area contributed by atoms with E-state index in [0.717, 1.165) is 10.9 Å². The fraction of sp³-hybridized carbons (Fsp3) is 0.0909. The third kappa shape index (κ3) is 3.99. The Kier molecular flexibility index (Phi) is 5.65. The van der Waals surface area contributed by atoms with Crippen LogP contribution in [0.5, 0.6) is 0 Å². The van der Waals surface area contributed by atoms with Crippen LogP contribution in [0, 0.1) is 11.3 Å². The van der Waals surface area contributed by atoms with Gasteiger partial charge in [0.05, 0.1) is 27.9 Å². The van der Waals surface area contributed by atoms with E-state index in [1.54, 1.807) is 36.5 Å². The number of benzene rings is 2. The predicted octanol–water partition coefficient (Wildman–Crippen LogP) is 4.26. The summed E-state index contributed by atoms with van der Waals surface area (Å²) in [4.78, 5) is 4.05. The summed E-state index contributed by atoms with van der Waals surface area (Å²) in [6, 6.07) is 15.6. The maximum atomic E-state index is 13.3. The Bertz CT molecular complexity index is 1410. The van der Waals surface area contributed by atoms with Gasteiger partial charge < -0.3 is 10.6 Å². The molecule has 0 bridgehead atoms. The summed E-state index contributed by atoms with van der Waals surface area (Å²) in [6.07, 6.45) is 4.49. The van der Waals surface area contributed by atoms with Gasteiger partial charge in [-0.1, -0.05) is 17.7 Å². The number of anilines is 2. The van der Waals surface area contributed by atoms with Crippen molar-refractivity contribution in [1.82, 2.24) is 14.3 Å². The minimum absolute atomic E-state index is 0.108. The number of hydrogen-bond donors (Lipinski definition) is 2. The molecule has 0 saturated heterocycles. The molecule has 2 heterocycles. The molecule has 2 aromatic heterocycles. The average Bonchev–Trinajstić information content (AvgIpc) is 3.14. The van der Waals surface area contributed by atoms with E-state index in [2.05, 4.69) is 15.6 Å². The minimum atomic E-state index is -3.83. The van der Waals surface area contributed by atoms with E-state index in [4.69, 9.17) is 16.9 Å². The molecule has 0 aliphatic heterocycles. The van der Waals surface area contributed by atoms with Gasteiger partial charge in [-0.05, 0) is 55.1 Å². The standard InChI is InChI=1S/C22H18ClN5O2S/c1-25-12-16-14-28(31(29,30)18-3-2-8-26-13-18)22-10-17(5-6-19(16)22)27-21-7-4-15(11-24)9-20(21)23/h2-10,13-14,25,27H,12H2,1H3. The van der Waals surface area contributed by atoms with Gasteiger partial charge in [-0.3, -0.25) is 4.98 Å². The molecule has 4 rings (SSSR count). The number of fused-ring (bicyclic) bond motifs is 1. The molecule has 2 aromatic carbocycles. The van der Waals surface area contributed by atoms with Crippen LogP contribution >= 0.6 is 11.6 Å². The van der Waals surface area contributed by atoms with E-state index in [0.29, 0.717) is 34.0 Å². The van der Waals surface area contributed by atoms with E-state index in [9.17, 15) is 8.42 Å². The quantitative estimate of drug-likeness (QED) is 0.454. The summed E-state index contributed by atoms with van der Waals surface area (Å²) in [7, 11) is -2.03. The number of nitrogens with zero attached hydrogens (tertiary/aromatic N) is 3. The van der Waals surface area contributed by atoms with Gasteiger partial charge in [-0.2, -0.15) is 5.26 Å². The van der Waals surface area contributed by atoms with Crippen molar-refractivity contribution in [1.29, 1.82) is 5.26 Å². The summed E-state index contributed by atoms with van der Waals surface area (Å²) in [5.41, 5.74) is 3.12. The van der Waals surface area contributed by atoms with E-state index < -0.39 is 10.0 Å². The van der Waals surface area contributed by atoms with Crippen molar-refractivity contribution in [3.8, 4) is 6.07 Å². The van der Waals surface area contributed by atoms with E-state index in [1.807, 2.05) is 25.2 Å². The van der Waals surface area contributed by atoms with Crippen molar-refractivity contribution in [2.75, 3.05) is 12.4 Å². The van der Waals surface area contributed by atoms with Crippen molar-refractivity contribution in [2.24, 2.45) is 0 Å². The topological polar surface area (TPSA) is 99.8 Å². The number of rotatable bonds is 6. The number of nitrogens with one attached hydrogen (secondary N) is 2. The lowest BCUT2D eigenvalue weighted by atomic mass is 10.1. The summed E-state index contributed by atoms with van der Waals surface area (Å²) in [5, 5.41) is 16.5. The highest BCUT2D eigenvalue weighted by atomic mass is 35.5. The zero-order chi connectivity index (χ0) is 22.0. The second kappa shape index (κ2) is 8.40. The zero-order valence-corrected chi connectivity index (χ0v) is 18.1. The van der Waals surface area contributed by atoms with Gasteiger partial charge in [-0.25, -0.2) is 12.4 Å².